The van der Waals surface area contributed by atoms with E-state index in [0.29, 0.717) is 30.6 Å². The summed E-state index contributed by atoms with van der Waals surface area (Å²) >= 11 is 0. The highest BCUT2D eigenvalue weighted by molar-refractivity contribution is 5.82. The van der Waals surface area contributed by atoms with Gasteiger partial charge in [0.05, 0.1) is 12.2 Å². The van der Waals surface area contributed by atoms with Crippen LogP contribution >= 0.6 is 0 Å². The molecular weight excluding hydrogens is 385 g/mol. The van der Waals surface area contributed by atoms with E-state index in [1.165, 1.54) is 17.4 Å². The lowest BCUT2D eigenvalue weighted by molar-refractivity contribution is -0.138. The maximum Gasteiger partial charge on any atom is 0.246 e. The van der Waals surface area contributed by atoms with Gasteiger partial charge in [-0.25, -0.2) is 19.4 Å². The molecule has 1 aliphatic carbocycles. The fourth-order valence-corrected chi connectivity index (χ4v) is 4.64. The molecule has 1 amide bonds. The van der Waals surface area contributed by atoms with Crippen LogP contribution in [0.25, 0.3) is 0 Å². The molecule has 1 spiro atoms. The summed E-state index contributed by atoms with van der Waals surface area (Å²) in [6, 6.07) is 4.87. The van der Waals surface area contributed by atoms with E-state index in [1.54, 1.807) is 18.5 Å². The SMILES string of the molecule is N#Cc1cc(N2CCC(C(=O)N3N=CCC3c3cncc(F)c3)CC23CC3)ncn1. The highest BCUT2D eigenvalue weighted by atomic mass is 19.1. The summed E-state index contributed by atoms with van der Waals surface area (Å²) in [7, 11) is 0. The lowest BCUT2D eigenvalue weighted by atomic mass is 9.87. The number of nitriles is 1. The topological polar surface area (TPSA) is 98.4 Å². The number of carbonyl (C=O) groups excluding carboxylic acids is 1. The number of nitrogens with zero attached hydrogens (tertiary/aromatic N) is 7. The van der Waals surface area contributed by atoms with Gasteiger partial charge in [0, 0.05) is 42.9 Å². The molecule has 9 heteroatoms. The van der Waals surface area contributed by atoms with Crippen molar-refractivity contribution in [3.63, 3.8) is 0 Å². The fraction of sp³-hybridized carbons (Fsp3) is 0.429. The molecule has 1 saturated heterocycles. The summed E-state index contributed by atoms with van der Waals surface area (Å²) < 4.78 is 13.6. The quantitative estimate of drug-likeness (QED) is 0.778. The molecule has 0 aromatic carbocycles. The van der Waals surface area contributed by atoms with Crippen molar-refractivity contribution in [2.45, 2.75) is 43.7 Å². The van der Waals surface area contributed by atoms with E-state index in [1.807, 2.05) is 0 Å². The van der Waals surface area contributed by atoms with Crippen molar-refractivity contribution >= 4 is 17.9 Å². The van der Waals surface area contributed by atoms with Gasteiger partial charge in [0.1, 0.15) is 29.7 Å². The number of pyridine rings is 1. The predicted octanol–water partition coefficient (Wildman–Crippen LogP) is 2.59. The highest BCUT2D eigenvalue weighted by Gasteiger charge is 2.54. The van der Waals surface area contributed by atoms with Crippen molar-refractivity contribution in [2.75, 3.05) is 11.4 Å². The number of carbonyl (C=O) groups is 1. The van der Waals surface area contributed by atoms with Gasteiger partial charge in [0.15, 0.2) is 0 Å². The monoisotopic (exact) mass is 405 g/mol. The van der Waals surface area contributed by atoms with Crippen LogP contribution in [0.15, 0.2) is 36.0 Å². The standard InChI is InChI=1S/C21H20FN7O/c22-16-7-15(11-24-12-16)18-1-5-27-29(18)20(30)14-2-6-28(21(9-14)3-4-21)19-8-17(10-23)25-13-26-19/h5,7-8,11-14,18H,1-4,6,9H2. The zero-order valence-electron chi connectivity index (χ0n) is 16.3. The highest BCUT2D eigenvalue weighted by Crippen LogP contribution is 2.52. The lowest BCUT2D eigenvalue weighted by Crippen LogP contribution is -2.48. The Hall–Kier alpha value is -3.41. The Morgan fingerprint density at radius 2 is 2.13 bits per heavy atom. The first-order chi connectivity index (χ1) is 14.6. The van der Waals surface area contributed by atoms with E-state index in [0.717, 1.165) is 31.3 Å². The van der Waals surface area contributed by atoms with E-state index in [9.17, 15) is 9.18 Å². The molecule has 0 N–H and O–H groups in total. The number of halogens is 1. The zero-order valence-corrected chi connectivity index (χ0v) is 16.3. The van der Waals surface area contributed by atoms with Crippen LogP contribution in [0.3, 0.4) is 0 Å². The van der Waals surface area contributed by atoms with Gasteiger partial charge in [0.25, 0.3) is 0 Å². The normalized spacial score (nSPS) is 24.1. The second-order valence-electron chi connectivity index (χ2n) is 8.11. The molecule has 3 aliphatic rings. The molecule has 5 rings (SSSR count). The van der Waals surface area contributed by atoms with Gasteiger partial charge in [-0.05, 0) is 37.3 Å². The Labute approximate surface area is 173 Å². The summed E-state index contributed by atoms with van der Waals surface area (Å²) in [5.74, 6) is 0.149. The maximum atomic E-state index is 13.6. The summed E-state index contributed by atoms with van der Waals surface area (Å²) in [4.78, 5) is 27.8. The summed E-state index contributed by atoms with van der Waals surface area (Å²) in [5, 5.41) is 14.9. The zero-order chi connectivity index (χ0) is 20.7. The average Bonchev–Trinajstić information content (AvgIpc) is 3.34. The van der Waals surface area contributed by atoms with Crippen molar-refractivity contribution in [1.29, 1.82) is 5.26 Å². The third kappa shape index (κ3) is 3.18. The maximum absolute atomic E-state index is 13.6. The lowest BCUT2D eigenvalue weighted by Gasteiger charge is -2.41. The summed E-state index contributed by atoms with van der Waals surface area (Å²) in [6.07, 6.45) is 9.80. The van der Waals surface area contributed by atoms with Crippen LogP contribution in [-0.4, -0.2) is 44.2 Å². The second kappa shape index (κ2) is 7.13. The van der Waals surface area contributed by atoms with Gasteiger partial charge >= 0.3 is 0 Å². The minimum atomic E-state index is -0.418. The van der Waals surface area contributed by atoms with Crippen molar-refractivity contribution in [1.82, 2.24) is 20.0 Å². The van der Waals surface area contributed by atoms with E-state index in [2.05, 4.69) is 31.0 Å². The van der Waals surface area contributed by atoms with Gasteiger partial charge in [0.2, 0.25) is 5.91 Å². The molecular formula is C21H20FN7O. The predicted molar refractivity (Wildman–Crippen MR) is 106 cm³/mol. The Kier molecular flexibility index (Phi) is 4.42. The molecule has 2 aromatic rings. The van der Waals surface area contributed by atoms with Gasteiger partial charge in [-0.1, -0.05) is 0 Å². The molecule has 4 heterocycles. The molecule has 2 atom stereocenters. The molecule has 2 aliphatic heterocycles. The summed E-state index contributed by atoms with van der Waals surface area (Å²) in [5.41, 5.74) is 0.898. The minimum absolute atomic E-state index is 0.0238. The molecule has 2 unspecified atom stereocenters. The van der Waals surface area contributed by atoms with Crippen molar-refractivity contribution < 1.29 is 9.18 Å². The number of anilines is 1. The van der Waals surface area contributed by atoms with Crippen molar-refractivity contribution in [3.05, 3.63) is 47.9 Å². The fourth-order valence-electron chi connectivity index (χ4n) is 4.64. The largest absolute Gasteiger partial charge is 0.351 e. The molecule has 152 valence electrons. The van der Waals surface area contributed by atoms with Crippen molar-refractivity contribution in [2.24, 2.45) is 11.0 Å². The van der Waals surface area contributed by atoms with E-state index in [-0.39, 0.29) is 23.4 Å². The molecule has 2 fully saturated rings. The molecule has 1 saturated carbocycles. The first kappa shape index (κ1) is 18.6. The number of aromatic nitrogens is 3. The van der Waals surface area contributed by atoms with E-state index >= 15 is 0 Å². The van der Waals surface area contributed by atoms with Crippen LogP contribution < -0.4 is 4.90 Å². The first-order valence-electron chi connectivity index (χ1n) is 10.1. The number of rotatable bonds is 3. The van der Waals surface area contributed by atoms with Gasteiger partial charge in [-0.15, -0.1) is 0 Å². The molecule has 30 heavy (non-hydrogen) atoms. The van der Waals surface area contributed by atoms with Gasteiger partial charge < -0.3 is 4.90 Å². The molecule has 2 aromatic heterocycles. The third-order valence-corrected chi connectivity index (χ3v) is 6.29. The van der Waals surface area contributed by atoms with Crippen LogP contribution in [0.4, 0.5) is 10.2 Å². The van der Waals surface area contributed by atoms with Crippen LogP contribution in [0.2, 0.25) is 0 Å². The van der Waals surface area contributed by atoms with Crippen LogP contribution in [0.5, 0.6) is 0 Å². The van der Waals surface area contributed by atoms with E-state index < -0.39 is 5.82 Å². The molecule has 0 radical (unpaired) electrons. The Morgan fingerprint density at radius 1 is 1.27 bits per heavy atom. The molecule has 0 bridgehead atoms. The number of amides is 1. The average molecular weight is 405 g/mol. The van der Waals surface area contributed by atoms with E-state index in [4.69, 9.17) is 5.26 Å². The number of piperidine rings is 1. The molecule has 8 nitrogen and oxygen atoms in total. The Bertz CT molecular complexity index is 1060. The first-order valence-corrected chi connectivity index (χ1v) is 10.1. The van der Waals surface area contributed by atoms with Crippen LogP contribution in [0.1, 0.15) is 49.4 Å². The summed E-state index contributed by atoms with van der Waals surface area (Å²) in [6.45, 7) is 0.683. The Morgan fingerprint density at radius 3 is 2.90 bits per heavy atom. The number of hydrogen-bond donors (Lipinski definition) is 0. The number of hydrazone groups is 1. The van der Waals surface area contributed by atoms with Crippen LogP contribution in [-0.2, 0) is 4.79 Å². The van der Waals surface area contributed by atoms with Crippen molar-refractivity contribution in [3.8, 4) is 6.07 Å². The Balaban J connectivity index is 1.34. The van der Waals surface area contributed by atoms with Gasteiger partial charge in [-0.3, -0.25) is 9.78 Å². The third-order valence-electron chi connectivity index (χ3n) is 6.29. The van der Waals surface area contributed by atoms with Gasteiger partial charge in [-0.2, -0.15) is 10.4 Å². The van der Waals surface area contributed by atoms with Crippen LogP contribution in [0, 0.1) is 23.1 Å². The smallest absolute Gasteiger partial charge is 0.246 e. The number of hydrogen-bond acceptors (Lipinski definition) is 7. The second-order valence-corrected chi connectivity index (χ2v) is 8.11. The minimum Gasteiger partial charge on any atom is -0.351 e.